The minimum absolute atomic E-state index is 0.287. The molecule has 0 spiro atoms. The lowest BCUT2D eigenvalue weighted by Gasteiger charge is -2.04. The fraction of sp³-hybridized carbons (Fsp3) is 0.818. The van der Waals surface area contributed by atoms with Gasteiger partial charge in [-0.05, 0) is 12.8 Å². The molecule has 1 heterocycles. The van der Waals surface area contributed by atoms with Crippen LogP contribution in [0.2, 0.25) is 0 Å². The maximum atomic E-state index is 11.6. The Morgan fingerprint density at radius 1 is 0.630 bits per heavy atom. The Balaban J connectivity index is 1.87. The van der Waals surface area contributed by atoms with Crippen LogP contribution in [0.5, 0.6) is 5.88 Å². The van der Waals surface area contributed by atoms with E-state index in [1.54, 1.807) is 0 Å². The molecule has 1 rings (SSSR count). The summed E-state index contributed by atoms with van der Waals surface area (Å²) in [7, 11) is 0. The molecule has 156 valence electrons. The van der Waals surface area contributed by atoms with Gasteiger partial charge in [-0.1, -0.05) is 103 Å². The van der Waals surface area contributed by atoms with E-state index in [9.17, 15) is 14.7 Å². The number of aromatic hydroxyl groups is 1. The van der Waals surface area contributed by atoms with Gasteiger partial charge >= 0.3 is 5.69 Å². The van der Waals surface area contributed by atoms with E-state index in [0.29, 0.717) is 12.0 Å². The van der Waals surface area contributed by atoms with Crippen molar-refractivity contribution in [2.24, 2.45) is 0 Å². The van der Waals surface area contributed by atoms with Crippen LogP contribution >= 0.6 is 0 Å². The van der Waals surface area contributed by atoms with Crippen molar-refractivity contribution in [3.63, 3.8) is 0 Å². The number of H-pyrrole nitrogens is 2. The third-order valence-electron chi connectivity index (χ3n) is 5.30. The second-order valence-electron chi connectivity index (χ2n) is 7.79. The van der Waals surface area contributed by atoms with E-state index in [1.807, 2.05) is 0 Å². The summed E-state index contributed by atoms with van der Waals surface area (Å²) in [6, 6.07) is 0. The van der Waals surface area contributed by atoms with Crippen LogP contribution in [-0.2, 0) is 6.42 Å². The van der Waals surface area contributed by atoms with E-state index >= 15 is 0 Å². The first-order valence-electron chi connectivity index (χ1n) is 11.2. The van der Waals surface area contributed by atoms with Crippen molar-refractivity contribution in [3.05, 3.63) is 26.4 Å². The van der Waals surface area contributed by atoms with Gasteiger partial charge in [-0.15, -0.1) is 0 Å². The molecule has 0 bridgehead atoms. The highest BCUT2D eigenvalue weighted by molar-refractivity contribution is 5.20. The van der Waals surface area contributed by atoms with E-state index < -0.39 is 11.2 Å². The van der Waals surface area contributed by atoms with Crippen LogP contribution in [0.4, 0.5) is 0 Å². The highest BCUT2D eigenvalue weighted by Gasteiger charge is 2.07. The van der Waals surface area contributed by atoms with Gasteiger partial charge in [0.2, 0.25) is 5.88 Å². The first-order chi connectivity index (χ1) is 13.1. The van der Waals surface area contributed by atoms with Crippen LogP contribution in [-0.4, -0.2) is 15.1 Å². The minimum atomic E-state index is -0.659. The summed E-state index contributed by atoms with van der Waals surface area (Å²) in [4.78, 5) is 27.0. The number of unbranched alkanes of at least 4 members (excludes halogenated alkanes) is 15. The Kier molecular flexibility index (Phi) is 13.5. The largest absolute Gasteiger partial charge is 0.494 e. The summed E-state index contributed by atoms with van der Waals surface area (Å²) < 4.78 is 0. The molecule has 0 aromatic carbocycles. The summed E-state index contributed by atoms with van der Waals surface area (Å²) in [5.74, 6) is -0.287. The van der Waals surface area contributed by atoms with Gasteiger partial charge in [0.1, 0.15) is 0 Å². The standard InChI is InChI=1S/C22H40N2O3/c1-2-3-4-5-6-7-8-9-10-11-12-13-14-15-16-17-18-19-20(25)23-22(27)24-21(19)26/h2-18H2,1H3,(H3,23,24,25,26,27). The second-order valence-corrected chi connectivity index (χ2v) is 7.79. The summed E-state index contributed by atoms with van der Waals surface area (Å²) in [6.45, 7) is 2.27. The predicted molar refractivity (Wildman–Crippen MR) is 113 cm³/mol. The normalized spacial score (nSPS) is 11.1. The van der Waals surface area contributed by atoms with Crippen molar-refractivity contribution >= 4 is 0 Å². The minimum Gasteiger partial charge on any atom is -0.494 e. The van der Waals surface area contributed by atoms with Crippen molar-refractivity contribution in [2.75, 3.05) is 0 Å². The average molecular weight is 381 g/mol. The highest BCUT2D eigenvalue weighted by Crippen LogP contribution is 2.15. The van der Waals surface area contributed by atoms with Gasteiger partial charge in [0.05, 0.1) is 5.56 Å². The molecule has 0 amide bonds. The van der Waals surface area contributed by atoms with Crippen molar-refractivity contribution in [2.45, 2.75) is 116 Å². The molecule has 0 aliphatic rings. The van der Waals surface area contributed by atoms with Gasteiger partial charge in [0, 0.05) is 0 Å². The Hall–Kier alpha value is -1.52. The molecular formula is C22H40N2O3. The zero-order valence-corrected chi connectivity index (χ0v) is 17.3. The Labute approximate surface area is 164 Å². The second kappa shape index (κ2) is 15.5. The van der Waals surface area contributed by atoms with Crippen LogP contribution in [0, 0.1) is 0 Å². The lowest BCUT2D eigenvalue weighted by atomic mass is 10.0. The summed E-state index contributed by atoms with van der Waals surface area (Å²) in [5.41, 5.74) is -0.842. The number of hydrogen-bond acceptors (Lipinski definition) is 3. The first kappa shape index (κ1) is 23.5. The van der Waals surface area contributed by atoms with Crippen molar-refractivity contribution < 1.29 is 5.11 Å². The topological polar surface area (TPSA) is 85.9 Å². The number of aromatic amines is 2. The van der Waals surface area contributed by atoms with Crippen LogP contribution in [0.3, 0.4) is 0 Å². The zero-order valence-electron chi connectivity index (χ0n) is 17.3. The molecule has 0 aliphatic heterocycles. The Bertz CT molecular complexity index is 592. The third kappa shape index (κ3) is 11.7. The monoisotopic (exact) mass is 380 g/mol. The fourth-order valence-electron chi connectivity index (χ4n) is 3.58. The molecule has 3 N–H and O–H groups in total. The maximum Gasteiger partial charge on any atom is 0.328 e. The summed E-state index contributed by atoms with van der Waals surface area (Å²) >= 11 is 0. The van der Waals surface area contributed by atoms with E-state index in [4.69, 9.17) is 0 Å². The molecule has 27 heavy (non-hydrogen) atoms. The van der Waals surface area contributed by atoms with Gasteiger partial charge in [-0.25, -0.2) is 4.79 Å². The number of nitrogens with one attached hydrogen (secondary N) is 2. The fourth-order valence-corrected chi connectivity index (χ4v) is 3.58. The molecule has 0 unspecified atom stereocenters. The van der Waals surface area contributed by atoms with Crippen molar-refractivity contribution in [1.29, 1.82) is 0 Å². The van der Waals surface area contributed by atoms with E-state index in [1.165, 1.54) is 89.9 Å². The molecule has 5 nitrogen and oxygen atoms in total. The van der Waals surface area contributed by atoms with E-state index in [2.05, 4.69) is 16.9 Å². The molecule has 0 atom stereocenters. The molecule has 0 aliphatic carbocycles. The smallest absolute Gasteiger partial charge is 0.328 e. The molecule has 1 aromatic rings. The van der Waals surface area contributed by atoms with E-state index in [0.717, 1.165) is 12.8 Å². The van der Waals surface area contributed by atoms with Crippen LogP contribution in [0.15, 0.2) is 9.59 Å². The number of aromatic nitrogens is 2. The van der Waals surface area contributed by atoms with Gasteiger partial charge in [0.15, 0.2) is 0 Å². The molecule has 0 saturated heterocycles. The number of rotatable bonds is 17. The number of hydrogen-bond donors (Lipinski definition) is 3. The van der Waals surface area contributed by atoms with Crippen molar-refractivity contribution in [3.8, 4) is 5.88 Å². The average Bonchev–Trinajstić information content (AvgIpc) is 2.63. The first-order valence-corrected chi connectivity index (χ1v) is 11.2. The molecule has 0 saturated carbocycles. The lowest BCUT2D eigenvalue weighted by molar-refractivity contribution is 0.438. The van der Waals surface area contributed by atoms with Crippen molar-refractivity contribution in [1.82, 2.24) is 9.97 Å². The predicted octanol–water partition coefficient (Wildman–Crippen LogP) is 5.57. The summed E-state index contributed by atoms with van der Waals surface area (Å²) in [6.07, 6.45) is 21.4. The molecule has 5 heteroatoms. The third-order valence-corrected chi connectivity index (χ3v) is 5.30. The van der Waals surface area contributed by atoms with Gasteiger partial charge in [-0.2, -0.15) is 0 Å². The maximum absolute atomic E-state index is 11.6. The Morgan fingerprint density at radius 3 is 1.44 bits per heavy atom. The quantitative estimate of drug-likeness (QED) is 0.309. The van der Waals surface area contributed by atoms with E-state index in [-0.39, 0.29) is 5.88 Å². The van der Waals surface area contributed by atoms with Gasteiger partial charge < -0.3 is 5.11 Å². The van der Waals surface area contributed by atoms with Gasteiger partial charge in [0.25, 0.3) is 5.56 Å². The van der Waals surface area contributed by atoms with Crippen LogP contribution < -0.4 is 11.2 Å². The molecule has 0 radical (unpaired) electrons. The zero-order chi connectivity index (χ0) is 19.7. The molecular weight excluding hydrogens is 340 g/mol. The van der Waals surface area contributed by atoms with Gasteiger partial charge in [-0.3, -0.25) is 14.8 Å². The lowest BCUT2D eigenvalue weighted by Crippen LogP contribution is -2.25. The van der Waals surface area contributed by atoms with Crippen LogP contribution in [0.1, 0.15) is 115 Å². The highest BCUT2D eigenvalue weighted by atomic mass is 16.3. The molecule has 1 aromatic heterocycles. The Morgan fingerprint density at radius 2 is 1.04 bits per heavy atom. The molecule has 0 fully saturated rings. The SMILES string of the molecule is CCCCCCCCCCCCCCCCCCc1c(O)[nH]c(=O)[nH]c1=O. The van der Waals surface area contributed by atoms with Crippen LogP contribution in [0.25, 0.3) is 0 Å². The summed E-state index contributed by atoms with van der Waals surface area (Å²) in [5, 5.41) is 9.62.